The largest absolute Gasteiger partial charge is 0.356 e. The molecule has 0 aliphatic heterocycles. The summed E-state index contributed by atoms with van der Waals surface area (Å²) in [5.74, 6) is 0.390. The van der Waals surface area contributed by atoms with Crippen LogP contribution < -0.4 is 5.32 Å². The van der Waals surface area contributed by atoms with Crippen LogP contribution in [0, 0.1) is 24.4 Å². The number of hydrogen-bond acceptors (Lipinski definition) is 5. The van der Waals surface area contributed by atoms with Crippen molar-refractivity contribution >= 4 is 38.7 Å². The van der Waals surface area contributed by atoms with E-state index in [1.807, 2.05) is 0 Å². The van der Waals surface area contributed by atoms with Crippen molar-refractivity contribution in [2.75, 3.05) is 11.6 Å². The summed E-state index contributed by atoms with van der Waals surface area (Å²) >= 11 is 12.0. The van der Waals surface area contributed by atoms with Gasteiger partial charge in [0.2, 0.25) is 0 Å². The lowest BCUT2D eigenvalue weighted by molar-refractivity contribution is 0.627. The molecule has 0 amide bonds. The molecule has 0 aliphatic carbocycles. The zero-order valence-electron chi connectivity index (χ0n) is 15.3. The molecule has 2 atom stereocenters. The van der Waals surface area contributed by atoms with Gasteiger partial charge in [-0.05, 0) is 43.7 Å². The molecule has 3 N–H and O–H groups in total. The van der Waals surface area contributed by atoms with Gasteiger partial charge in [0.1, 0.15) is 23.5 Å². The molecule has 2 heterocycles. The second-order valence-corrected chi connectivity index (χ2v) is 9.30. The minimum absolute atomic E-state index is 0.0344. The molecular weight excluding hydrogens is 424 g/mol. The van der Waals surface area contributed by atoms with Crippen molar-refractivity contribution in [3.63, 3.8) is 0 Å². The Hall–Kier alpha value is -2.16. The maximum absolute atomic E-state index is 13.6. The molecule has 0 spiro atoms. The van der Waals surface area contributed by atoms with Crippen molar-refractivity contribution in [2.45, 2.75) is 24.9 Å². The fourth-order valence-corrected chi connectivity index (χ4v) is 3.96. The maximum Gasteiger partial charge on any atom is 0.156 e. The first kappa shape index (κ1) is 20.6. The molecule has 1 aromatic carbocycles. The number of halogens is 3. The van der Waals surface area contributed by atoms with Gasteiger partial charge >= 0.3 is 0 Å². The zero-order valence-corrected chi connectivity index (χ0v) is 17.6. The summed E-state index contributed by atoms with van der Waals surface area (Å²) in [7, 11) is -3.02. The number of aromatic amines is 1. The molecule has 0 bridgehead atoms. The highest BCUT2D eigenvalue weighted by Gasteiger charge is 2.23. The van der Waals surface area contributed by atoms with Crippen LogP contribution in [0.3, 0.4) is 0 Å². The van der Waals surface area contributed by atoms with Crippen molar-refractivity contribution < 1.29 is 8.60 Å². The van der Waals surface area contributed by atoms with Gasteiger partial charge in [0.05, 0.1) is 25.5 Å². The van der Waals surface area contributed by atoms with Crippen molar-refractivity contribution in [3.05, 3.63) is 69.0 Å². The average Bonchev–Trinajstić information content (AvgIpc) is 3.00. The summed E-state index contributed by atoms with van der Waals surface area (Å²) < 4.78 is 33.7. The number of nitrogens with one attached hydrogen (secondary N) is 3. The molecule has 0 aliphatic rings. The smallest absolute Gasteiger partial charge is 0.156 e. The number of benzene rings is 1. The molecule has 0 saturated heterocycles. The van der Waals surface area contributed by atoms with Crippen molar-refractivity contribution in [1.82, 2.24) is 15.0 Å². The molecule has 3 rings (SSSR count). The Morgan fingerprint density at radius 2 is 1.89 bits per heavy atom. The normalized spacial score (nSPS) is 14.5. The summed E-state index contributed by atoms with van der Waals surface area (Å²) in [6.07, 6.45) is 1.31. The number of nitrogens with zero attached hydrogens (tertiary/aromatic N) is 2. The van der Waals surface area contributed by atoms with Gasteiger partial charge in [0.15, 0.2) is 5.03 Å². The maximum atomic E-state index is 13.6. The van der Waals surface area contributed by atoms with Gasteiger partial charge in [-0.25, -0.2) is 23.3 Å². The Kier molecular flexibility index (Phi) is 5.65. The van der Waals surface area contributed by atoms with Crippen LogP contribution in [0.15, 0.2) is 35.4 Å². The molecule has 2 unspecified atom stereocenters. The number of anilines is 1. The highest BCUT2D eigenvalue weighted by Crippen LogP contribution is 2.29. The lowest BCUT2D eigenvalue weighted by Gasteiger charge is -2.19. The van der Waals surface area contributed by atoms with Crippen LogP contribution in [0.4, 0.5) is 10.2 Å². The van der Waals surface area contributed by atoms with Gasteiger partial charge < -0.3 is 10.3 Å². The van der Waals surface area contributed by atoms with Gasteiger partial charge in [-0.2, -0.15) is 0 Å². The SMILES string of the molecule is Cc1nc(NC(c2ccc(F)c(Cl)c2)c2nc(S(C)(=N)=O)c(C)[nH]2)ccc1Cl. The van der Waals surface area contributed by atoms with Crippen LogP contribution >= 0.6 is 23.2 Å². The zero-order chi connectivity index (χ0) is 20.6. The number of H-pyrrole nitrogens is 1. The van der Waals surface area contributed by atoms with E-state index in [-0.39, 0.29) is 10.0 Å². The van der Waals surface area contributed by atoms with Gasteiger partial charge in [-0.1, -0.05) is 29.3 Å². The first-order chi connectivity index (χ1) is 13.1. The van der Waals surface area contributed by atoms with E-state index in [1.165, 1.54) is 18.4 Å². The number of aromatic nitrogens is 3. The second kappa shape index (κ2) is 7.69. The second-order valence-electron chi connectivity index (χ2n) is 6.41. The number of rotatable bonds is 5. The summed E-state index contributed by atoms with van der Waals surface area (Å²) in [6, 6.07) is 7.14. The molecule has 28 heavy (non-hydrogen) atoms. The monoisotopic (exact) mass is 441 g/mol. The fraction of sp³-hybridized carbons (Fsp3) is 0.222. The summed E-state index contributed by atoms with van der Waals surface area (Å²) in [5.41, 5.74) is 1.79. The van der Waals surface area contributed by atoms with Crippen molar-refractivity contribution in [3.8, 4) is 0 Å². The van der Waals surface area contributed by atoms with E-state index in [1.54, 1.807) is 32.0 Å². The first-order valence-corrected chi connectivity index (χ1v) is 10.9. The van der Waals surface area contributed by atoms with E-state index in [9.17, 15) is 8.60 Å². The minimum atomic E-state index is -3.02. The summed E-state index contributed by atoms with van der Waals surface area (Å²) in [5, 5.41) is 3.89. The highest BCUT2D eigenvalue weighted by molar-refractivity contribution is 7.91. The molecule has 0 saturated carbocycles. The molecule has 2 aromatic heterocycles. The van der Waals surface area contributed by atoms with E-state index in [0.29, 0.717) is 33.6 Å². The molecule has 148 valence electrons. The highest BCUT2D eigenvalue weighted by atomic mass is 35.5. The Morgan fingerprint density at radius 1 is 1.18 bits per heavy atom. The number of imidazole rings is 1. The predicted octanol–water partition coefficient (Wildman–Crippen LogP) is 5.10. The van der Waals surface area contributed by atoms with Gasteiger partial charge in [0, 0.05) is 11.9 Å². The third-order valence-electron chi connectivity index (χ3n) is 4.09. The fourth-order valence-electron chi connectivity index (χ4n) is 2.76. The topological polar surface area (TPSA) is 94.5 Å². The molecule has 3 aromatic rings. The first-order valence-electron chi connectivity index (χ1n) is 8.21. The Labute approximate surface area is 172 Å². The minimum Gasteiger partial charge on any atom is -0.356 e. The van der Waals surface area contributed by atoms with Crippen LogP contribution in [0.25, 0.3) is 0 Å². The molecule has 10 heteroatoms. The summed E-state index contributed by atoms with van der Waals surface area (Å²) in [4.78, 5) is 11.8. The Morgan fingerprint density at radius 3 is 2.46 bits per heavy atom. The third-order valence-corrected chi connectivity index (χ3v) is 5.92. The van der Waals surface area contributed by atoms with Crippen LogP contribution in [-0.2, 0) is 9.73 Å². The van der Waals surface area contributed by atoms with E-state index in [0.717, 1.165) is 0 Å². The van der Waals surface area contributed by atoms with Crippen molar-refractivity contribution in [2.24, 2.45) is 0 Å². The van der Waals surface area contributed by atoms with Gasteiger partial charge in [-0.15, -0.1) is 0 Å². The van der Waals surface area contributed by atoms with Crippen molar-refractivity contribution in [1.29, 1.82) is 4.78 Å². The molecular formula is C18H18Cl2FN5OS. The van der Waals surface area contributed by atoms with Crippen LogP contribution in [0.2, 0.25) is 10.0 Å². The third kappa shape index (κ3) is 4.29. The van der Waals surface area contributed by atoms with E-state index in [4.69, 9.17) is 28.0 Å². The standard InChI is InChI=1S/C18H18Cl2FN5OS/c1-9-12(19)5-7-15(23-9)25-16(11-4-6-14(21)13(20)8-11)17-24-10(2)18(26-17)28(3,22)27/h4-8,16,22H,1-3H3,(H,23,25)(H,24,26). The summed E-state index contributed by atoms with van der Waals surface area (Å²) in [6.45, 7) is 3.47. The van der Waals surface area contributed by atoms with Gasteiger partial charge in [-0.3, -0.25) is 0 Å². The average molecular weight is 442 g/mol. The number of pyridine rings is 1. The predicted molar refractivity (Wildman–Crippen MR) is 109 cm³/mol. The Balaban J connectivity index is 2.11. The van der Waals surface area contributed by atoms with E-state index >= 15 is 0 Å². The quantitative estimate of drug-likeness (QED) is 0.512. The van der Waals surface area contributed by atoms with Crippen LogP contribution in [-0.4, -0.2) is 25.4 Å². The van der Waals surface area contributed by atoms with Gasteiger partial charge in [0.25, 0.3) is 0 Å². The lowest BCUT2D eigenvalue weighted by atomic mass is 10.1. The number of hydrogen-bond donors (Lipinski definition) is 3. The Bertz CT molecular complexity index is 1150. The molecule has 0 radical (unpaired) electrons. The van der Waals surface area contributed by atoms with Crippen LogP contribution in [0.1, 0.15) is 28.8 Å². The van der Waals surface area contributed by atoms with E-state index in [2.05, 4.69) is 20.3 Å². The molecule has 0 fully saturated rings. The lowest BCUT2D eigenvalue weighted by Crippen LogP contribution is -2.15. The molecule has 6 nitrogen and oxygen atoms in total. The number of aryl methyl sites for hydroxylation is 2. The van der Waals surface area contributed by atoms with E-state index < -0.39 is 21.6 Å². The van der Waals surface area contributed by atoms with Crippen LogP contribution in [0.5, 0.6) is 0 Å².